The van der Waals surface area contributed by atoms with Gasteiger partial charge in [-0.25, -0.2) is 9.78 Å². The van der Waals surface area contributed by atoms with Gasteiger partial charge in [0.05, 0.1) is 0 Å². The van der Waals surface area contributed by atoms with E-state index in [2.05, 4.69) is 20.5 Å². The first-order valence-corrected chi connectivity index (χ1v) is 7.56. The molecule has 6 heteroatoms. The topological polar surface area (TPSA) is 57.3 Å². The molecule has 1 aliphatic rings. The van der Waals surface area contributed by atoms with Crippen LogP contribution in [0.15, 0.2) is 11.6 Å². The second kappa shape index (κ2) is 5.77. The van der Waals surface area contributed by atoms with E-state index in [1.165, 1.54) is 0 Å². The van der Waals surface area contributed by atoms with E-state index in [-0.39, 0.29) is 11.6 Å². The van der Waals surface area contributed by atoms with E-state index in [0.717, 1.165) is 24.5 Å². The van der Waals surface area contributed by atoms with Crippen LogP contribution in [-0.2, 0) is 0 Å². The summed E-state index contributed by atoms with van der Waals surface area (Å²) in [6.45, 7) is 7.63. The van der Waals surface area contributed by atoms with Gasteiger partial charge in [-0.05, 0) is 33.6 Å². The number of anilines is 1. The Morgan fingerprint density at radius 3 is 3.00 bits per heavy atom. The molecule has 0 unspecified atom stereocenters. The molecule has 0 saturated carbocycles. The quantitative estimate of drug-likeness (QED) is 0.893. The summed E-state index contributed by atoms with van der Waals surface area (Å²) >= 11 is 1.65. The van der Waals surface area contributed by atoms with Crippen molar-refractivity contribution in [3.8, 4) is 0 Å². The Hall–Kier alpha value is -1.30. The van der Waals surface area contributed by atoms with Gasteiger partial charge in [-0.3, -0.25) is 0 Å². The Bertz CT molecular complexity index is 413. The summed E-state index contributed by atoms with van der Waals surface area (Å²) in [5.41, 5.74) is -0.200. The zero-order chi connectivity index (χ0) is 13.9. The van der Waals surface area contributed by atoms with Crippen molar-refractivity contribution in [1.82, 2.24) is 15.6 Å². The zero-order valence-electron chi connectivity index (χ0n) is 11.8. The van der Waals surface area contributed by atoms with Crippen molar-refractivity contribution in [2.45, 2.75) is 45.2 Å². The molecule has 0 aliphatic carbocycles. The fourth-order valence-corrected chi connectivity index (χ4v) is 2.99. The molecule has 0 spiro atoms. The molecule has 0 aromatic carbocycles. The first-order valence-electron chi connectivity index (χ1n) is 6.68. The number of rotatable bonds is 3. The third kappa shape index (κ3) is 4.09. The largest absolute Gasteiger partial charge is 0.343 e. The van der Waals surface area contributed by atoms with Crippen LogP contribution in [0.2, 0.25) is 0 Å². The molecule has 2 rings (SSSR count). The van der Waals surface area contributed by atoms with E-state index in [4.69, 9.17) is 0 Å². The molecule has 106 valence electrons. The van der Waals surface area contributed by atoms with Crippen molar-refractivity contribution in [3.05, 3.63) is 11.6 Å². The fourth-order valence-electron chi connectivity index (χ4n) is 2.25. The molecule has 1 aromatic rings. The number of amides is 2. The van der Waals surface area contributed by atoms with Crippen molar-refractivity contribution in [2.24, 2.45) is 0 Å². The van der Waals surface area contributed by atoms with Gasteiger partial charge in [-0.15, -0.1) is 11.3 Å². The molecule has 1 aromatic heterocycles. The van der Waals surface area contributed by atoms with Crippen LogP contribution in [0.4, 0.5) is 9.93 Å². The van der Waals surface area contributed by atoms with Crippen molar-refractivity contribution in [1.29, 1.82) is 0 Å². The molecular weight excluding hydrogens is 260 g/mol. The van der Waals surface area contributed by atoms with E-state index >= 15 is 0 Å². The third-order valence-corrected chi connectivity index (χ3v) is 3.84. The number of hydrogen-bond acceptors (Lipinski definition) is 4. The van der Waals surface area contributed by atoms with E-state index in [1.807, 2.05) is 32.3 Å². The minimum atomic E-state index is -0.200. The summed E-state index contributed by atoms with van der Waals surface area (Å²) in [4.78, 5) is 18.4. The maximum atomic E-state index is 11.8. The Kier molecular flexibility index (Phi) is 4.29. The van der Waals surface area contributed by atoms with Crippen molar-refractivity contribution in [3.63, 3.8) is 0 Å². The maximum absolute atomic E-state index is 11.8. The van der Waals surface area contributed by atoms with Crippen molar-refractivity contribution < 1.29 is 4.79 Å². The first kappa shape index (κ1) is 14.1. The summed E-state index contributed by atoms with van der Waals surface area (Å²) in [7, 11) is 0. The first-order chi connectivity index (χ1) is 8.96. The Balaban J connectivity index is 1.84. The highest BCUT2D eigenvalue weighted by molar-refractivity contribution is 7.13. The molecule has 2 heterocycles. The second-order valence-electron chi connectivity index (χ2n) is 5.89. The minimum Gasteiger partial charge on any atom is -0.343 e. The summed E-state index contributed by atoms with van der Waals surface area (Å²) in [6, 6.07) is 0.260. The van der Waals surface area contributed by atoms with Crippen LogP contribution in [0.25, 0.3) is 0 Å². The minimum absolute atomic E-state index is 0.0986. The van der Waals surface area contributed by atoms with Crippen molar-refractivity contribution in [2.75, 3.05) is 18.0 Å². The lowest BCUT2D eigenvalue weighted by Gasteiger charge is -2.26. The summed E-state index contributed by atoms with van der Waals surface area (Å²) in [5.74, 6) is 0. The van der Waals surface area contributed by atoms with Crippen LogP contribution in [0, 0.1) is 0 Å². The smallest absolute Gasteiger partial charge is 0.315 e. The lowest BCUT2D eigenvalue weighted by Crippen LogP contribution is -2.49. The Labute approximate surface area is 118 Å². The van der Waals surface area contributed by atoms with Crippen LogP contribution in [0.3, 0.4) is 0 Å². The molecule has 0 bridgehead atoms. The van der Waals surface area contributed by atoms with E-state index in [9.17, 15) is 4.79 Å². The number of urea groups is 1. The maximum Gasteiger partial charge on any atom is 0.315 e. The molecule has 0 radical (unpaired) electrons. The lowest BCUT2D eigenvalue weighted by atomic mass is 10.1. The summed E-state index contributed by atoms with van der Waals surface area (Å²) < 4.78 is 0. The number of carbonyl (C=O) groups is 1. The number of thiazole rings is 1. The monoisotopic (exact) mass is 282 g/mol. The molecule has 1 fully saturated rings. The number of aromatic nitrogens is 1. The highest BCUT2D eigenvalue weighted by Crippen LogP contribution is 2.26. The molecule has 1 aliphatic heterocycles. The fraction of sp³-hybridized carbons (Fsp3) is 0.692. The molecule has 1 saturated heterocycles. The number of carbonyl (C=O) groups excluding carboxylic acids is 1. The zero-order valence-corrected chi connectivity index (χ0v) is 12.6. The SMILES string of the molecule is CC(C)(C)NC(=O)NC[C@@H]1CCCN1c1nccs1. The molecular formula is C13H22N4OS. The van der Waals surface area contributed by atoms with Crippen LogP contribution in [-0.4, -0.2) is 35.7 Å². The van der Waals surface area contributed by atoms with E-state index in [1.54, 1.807) is 11.3 Å². The molecule has 2 amide bonds. The summed E-state index contributed by atoms with van der Waals surface area (Å²) in [6.07, 6.45) is 4.09. The van der Waals surface area contributed by atoms with Gasteiger partial charge in [0.2, 0.25) is 0 Å². The highest BCUT2D eigenvalue weighted by Gasteiger charge is 2.26. The average molecular weight is 282 g/mol. The highest BCUT2D eigenvalue weighted by atomic mass is 32.1. The van der Waals surface area contributed by atoms with Gasteiger partial charge in [-0.2, -0.15) is 0 Å². The molecule has 2 N–H and O–H groups in total. The van der Waals surface area contributed by atoms with Gasteiger partial charge in [0.25, 0.3) is 0 Å². The Morgan fingerprint density at radius 2 is 2.37 bits per heavy atom. The lowest BCUT2D eigenvalue weighted by molar-refractivity contribution is 0.231. The van der Waals surface area contributed by atoms with Gasteiger partial charge < -0.3 is 15.5 Å². The van der Waals surface area contributed by atoms with Crippen LogP contribution >= 0.6 is 11.3 Å². The Morgan fingerprint density at radius 1 is 1.58 bits per heavy atom. The molecule has 19 heavy (non-hydrogen) atoms. The number of nitrogens with zero attached hydrogens (tertiary/aromatic N) is 2. The predicted octanol–water partition coefficient (Wildman–Crippen LogP) is 2.21. The number of nitrogens with one attached hydrogen (secondary N) is 2. The van der Waals surface area contributed by atoms with Crippen LogP contribution < -0.4 is 15.5 Å². The van der Waals surface area contributed by atoms with Crippen LogP contribution in [0.1, 0.15) is 33.6 Å². The second-order valence-corrected chi connectivity index (χ2v) is 6.76. The van der Waals surface area contributed by atoms with Gasteiger partial charge in [0.1, 0.15) is 0 Å². The number of hydrogen-bond donors (Lipinski definition) is 2. The van der Waals surface area contributed by atoms with Gasteiger partial charge in [0, 0.05) is 36.2 Å². The predicted molar refractivity (Wildman–Crippen MR) is 78.8 cm³/mol. The average Bonchev–Trinajstić information content (AvgIpc) is 2.94. The molecule has 1 atom stereocenters. The molecule has 5 nitrogen and oxygen atoms in total. The van der Waals surface area contributed by atoms with E-state index in [0.29, 0.717) is 12.6 Å². The van der Waals surface area contributed by atoms with Crippen LogP contribution in [0.5, 0.6) is 0 Å². The standard InChI is InChI=1S/C13H22N4OS/c1-13(2,3)16-11(18)15-9-10-5-4-7-17(10)12-14-6-8-19-12/h6,8,10H,4-5,7,9H2,1-3H3,(H2,15,16,18)/t10-/m0/s1. The van der Waals surface area contributed by atoms with E-state index < -0.39 is 0 Å². The summed E-state index contributed by atoms with van der Waals surface area (Å²) in [5, 5.41) is 8.92. The van der Waals surface area contributed by atoms with Gasteiger partial charge >= 0.3 is 6.03 Å². The van der Waals surface area contributed by atoms with Crippen molar-refractivity contribution >= 4 is 22.5 Å². The van der Waals surface area contributed by atoms with Gasteiger partial charge in [-0.1, -0.05) is 0 Å². The third-order valence-electron chi connectivity index (χ3n) is 3.03. The van der Waals surface area contributed by atoms with Gasteiger partial charge in [0.15, 0.2) is 5.13 Å². The normalized spacial score (nSPS) is 19.5.